The smallest absolute Gasteiger partial charge is 0.302 e. The predicted molar refractivity (Wildman–Crippen MR) is 46.6 cm³/mol. The Kier molecular flexibility index (Phi) is 3.12. The molecule has 2 unspecified atom stereocenters. The van der Waals surface area contributed by atoms with Crippen LogP contribution in [0, 0.1) is 0 Å². The molecule has 62 valence electrons. The topological polar surface area (TPSA) is 26.3 Å². The molecule has 2 nitrogen and oxygen atoms in total. The third-order valence-corrected chi connectivity index (χ3v) is 2.51. The van der Waals surface area contributed by atoms with Gasteiger partial charge in [0.25, 0.3) is 0 Å². The van der Waals surface area contributed by atoms with Crippen molar-refractivity contribution in [3.8, 4) is 0 Å². The second-order valence-corrected chi connectivity index (χ2v) is 3.66. The van der Waals surface area contributed by atoms with Crippen LogP contribution in [0.15, 0.2) is 12.2 Å². The quantitative estimate of drug-likeness (QED) is 0.383. The van der Waals surface area contributed by atoms with Gasteiger partial charge in [-0.1, -0.05) is 28.1 Å². The molecule has 0 bridgehead atoms. The van der Waals surface area contributed by atoms with E-state index in [0.717, 1.165) is 12.8 Å². The minimum absolute atomic E-state index is 0.0255. The third-order valence-electron chi connectivity index (χ3n) is 1.61. The molecule has 2 atom stereocenters. The molecule has 0 aliphatic heterocycles. The summed E-state index contributed by atoms with van der Waals surface area (Å²) in [7, 11) is 0. The van der Waals surface area contributed by atoms with E-state index in [-0.39, 0.29) is 16.9 Å². The van der Waals surface area contributed by atoms with E-state index in [0.29, 0.717) is 0 Å². The summed E-state index contributed by atoms with van der Waals surface area (Å²) >= 11 is 3.42. The summed E-state index contributed by atoms with van der Waals surface area (Å²) in [4.78, 5) is 10.8. The Hall–Kier alpha value is -0.310. The van der Waals surface area contributed by atoms with E-state index in [1.165, 1.54) is 6.92 Å². The van der Waals surface area contributed by atoms with Gasteiger partial charge in [-0.15, -0.1) is 0 Å². The molecular formula is C8H11BrO2. The minimum Gasteiger partial charge on any atom is -0.461 e. The summed E-state index contributed by atoms with van der Waals surface area (Å²) in [5.41, 5.74) is 0. The highest BCUT2D eigenvalue weighted by atomic mass is 79.9. The van der Waals surface area contributed by atoms with Crippen LogP contribution in [0.1, 0.15) is 19.8 Å². The molecular weight excluding hydrogens is 208 g/mol. The third kappa shape index (κ3) is 2.66. The first-order valence-corrected chi connectivity index (χ1v) is 4.59. The van der Waals surface area contributed by atoms with Crippen molar-refractivity contribution in [2.45, 2.75) is 30.7 Å². The van der Waals surface area contributed by atoms with E-state index < -0.39 is 0 Å². The summed E-state index contributed by atoms with van der Waals surface area (Å²) in [6.45, 7) is 1.44. The van der Waals surface area contributed by atoms with Gasteiger partial charge in [-0.05, 0) is 12.8 Å². The first-order valence-electron chi connectivity index (χ1n) is 3.68. The monoisotopic (exact) mass is 218 g/mol. The second kappa shape index (κ2) is 3.90. The number of carbonyl (C=O) groups is 1. The van der Waals surface area contributed by atoms with Gasteiger partial charge in [0, 0.05) is 6.92 Å². The van der Waals surface area contributed by atoms with Gasteiger partial charge in [-0.25, -0.2) is 0 Å². The molecule has 1 aliphatic carbocycles. The van der Waals surface area contributed by atoms with Gasteiger partial charge < -0.3 is 4.74 Å². The highest BCUT2D eigenvalue weighted by Gasteiger charge is 2.21. The van der Waals surface area contributed by atoms with E-state index >= 15 is 0 Å². The van der Waals surface area contributed by atoms with Crippen LogP contribution in [0.4, 0.5) is 0 Å². The van der Waals surface area contributed by atoms with Crippen LogP contribution in [-0.4, -0.2) is 16.9 Å². The molecule has 0 amide bonds. The molecule has 0 aromatic heterocycles. The Bertz CT molecular complexity index is 177. The Morgan fingerprint density at radius 1 is 1.73 bits per heavy atom. The van der Waals surface area contributed by atoms with Crippen LogP contribution in [0.25, 0.3) is 0 Å². The standard InChI is InChI=1S/C8H11BrO2/c1-6(10)11-8-5-3-2-4-7(8)9/h2,4,7-8H,3,5H2,1H3. The van der Waals surface area contributed by atoms with Crippen molar-refractivity contribution in [3.05, 3.63) is 12.2 Å². The van der Waals surface area contributed by atoms with E-state index in [1.807, 2.05) is 6.08 Å². The summed E-state index contributed by atoms with van der Waals surface area (Å²) in [6, 6.07) is 0. The minimum atomic E-state index is -0.199. The zero-order valence-corrected chi connectivity index (χ0v) is 8.00. The lowest BCUT2D eigenvalue weighted by Gasteiger charge is -2.22. The highest BCUT2D eigenvalue weighted by Crippen LogP contribution is 2.21. The van der Waals surface area contributed by atoms with Gasteiger partial charge in [-0.2, -0.15) is 0 Å². The number of halogens is 1. The molecule has 0 aromatic rings. The summed E-state index contributed by atoms with van der Waals surface area (Å²) in [5.74, 6) is -0.199. The second-order valence-electron chi connectivity index (χ2n) is 2.60. The molecule has 0 saturated carbocycles. The predicted octanol–water partition coefficient (Wildman–Crippen LogP) is 2.03. The van der Waals surface area contributed by atoms with Gasteiger partial charge in [0.2, 0.25) is 0 Å². The van der Waals surface area contributed by atoms with Crippen molar-refractivity contribution in [3.63, 3.8) is 0 Å². The fourth-order valence-electron chi connectivity index (χ4n) is 1.11. The van der Waals surface area contributed by atoms with Gasteiger partial charge in [0.05, 0.1) is 4.83 Å². The van der Waals surface area contributed by atoms with Crippen LogP contribution in [0.2, 0.25) is 0 Å². The van der Waals surface area contributed by atoms with Crippen molar-refractivity contribution < 1.29 is 9.53 Å². The number of carbonyl (C=O) groups excluding carboxylic acids is 1. The maximum absolute atomic E-state index is 10.6. The number of hydrogen-bond acceptors (Lipinski definition) is 2. The lowest BCUT2D eigenvalue weighted by atomic mass is 10.0. The molecule has 3 heteroatoms. The van der Waals surface area contributed by atoms with E-state index in [4.69, 9.17) is 4.74 Å². The first-order chi connectivity index (χ1) is 5.20. The Balaban J connectivity index is 2.45. The average Bonchev–Trinajstić information content (AvgIpc) is 1.93. The molecule has 0 fully saturated rings. The number of rotatable bonds is 1. The maximum atomic E-state index is 10.6. The normalized spacial score (nSPS) is 30.0. The zero-order chi connectivity index (χ0) is 8.27. The number of allylic oxidation sites excluding steroid dienone is 1. The van der Waals surface area contributed by atoms with Crippen LogP contribution >= 0.6 is 15.9 Å². The lowest BCUT2D eigenvalue weighted by Crippen LogP contribution is -2.26. The zero-order valence-electron chi connectivity index (χ0n) is 6.42. The van der Waals surface area contributed by atoms with E-state index in [9.17, 15) is 4.79 Å². The SMILES string of the molecule is CC(=O)OC1CCC=CC1Br. The summed E-state index contributed by atoms with van der Waals surface area (Å²) in [5, 5.41) is 0. The van der Waals surface area contributed by atoms with Crippen LogP contribution < -0.4 is 0 Å². The van der Waals surface area contributed by atoms with E-state index in [1.54, 1.807) is 0 Å². The molecule has 1 rings (SSSR count). The highest BCUT2D eigenvalue weighted by molar-refractivity contribution is 9.09. The van der Waals surface area contributed by atoms with Crippen LogP contribution in [0.3, 0.4) is 0 Å². The molecule has 0 aromatic carbocycles. The molecule has 11 heavy (non-hydrogen) atoms. The first kappa shape index (κ1) is 8.78. The van der Waals surface area contributed by atoms with Crippen molar-refractivity contribution >= 4 is 21.9 Å². The Labute approximate surface area is 74.7 Å². The summed E-state index contributed by atoms with van der Waals surface area (Å²) in [6.07, 6.45) is 6.07. The van der Waals surface area contributed by atoms with E-state index in [2.05, 4.69) is 22.0 Å². The molecule has 0 radical (unpaired) electrons. The summed E-state index contributed by atoms with van der Waals surface area (Å²) < 4.78 is 5.07. The lowest BCUT2D eigenvalue weighted by molar-refractivity contribution is -0.146. The maximum Gasteiger partial charge on any atom is 0.302 e. The Morgan fingerprint density at radius 2 is 2.45 bits per heavy atom. The number of esters is 1. The van der Waals surface area contributed by atoms with Gasteiger partial charge in [-0.3, -0.25) is 4.79 Å². The number of alkyl halides is 1. The fourth-order valence-corrected chi connectivity index (χ4v) is 1.70. The van der Waals surface area contributed by atoms with Gasteiger partial charge in [0.15, 0.2) is 0 Å². The van der Waals surface area contributed by atoms with Crippen molar-refractivity contribution in [2.24, 2.45) is 0 Å². The largest absolute Gasteiger partial charge is 0.461 e. The van der Waals surface area contributed by atoms with Crippen LogP contribution in [0.5, 0.6) is 0 Å². The molecule has 0 N–H and O–H groups in total. The van der Waals surface area contributed by atoms with Crippen molar-refractivity contribution in [2.75, 3.05) is 0 Å². The molecule has 1 aliphatic rings. The Morgan fingerprint density at radius 3 is 3.00 bits per heavy atom. The van der Waals surface area contributed by atoms with Gasteiger partial charge >= 0.3 is 5.97 Å². The van der Waals surface area contributed by atoms with Crippen molar-refractivity contribution in [1.29, 1.82) is 0 Å². The molecule has 0 spiro atoms. The molecule has 0 heterocycles. The van der Waals surface area contributed by atoms with Crippen molar-refractivity contribution in [1.82, 2.24) is 0 Å². The number of ether oxygens (including phenoxy) is 1. The fraction of sp³-hybridized carbons (Fsp3) is 0.625. The van der Waals surface area contributed by atoms with Crippen LogP contribution in [-0.2, 0) is 9.53 Å². The molecule has 0 saturated heterocycles. The number of hydrogen-bond donors (Lipinski definition) is 0. The average molecular weight is 219 g/mol. The van der Waals surface area contributed by atoms with Gasteiger partial charge in [0.1, 0.15) is 6.10 Å².